The number of amides is 1. The highest BCUT2D eigenvalue weighted by Crippen LogP contribution is 2.36. The van der Waals surface area contributed by atoms with E-state index in [-0.39, 0.29) is 10.7 Å². The van der Waals surface area contributed by atoms with Crippen LogP contribution in [0, 0.1) is 0 Å². The van der Waals surface area contributed by atoms with Crippen molar-refractivity contribution in [3.8, 4) is 28.1 Å². The van der Waals surface area contributed by atoms with E-state index in [1.807, 2.05) is 43.3 Å². The summed E-state index contributed by atoms with van der Waals surface area (Å²) in [4.78, 5) is 32.9. The predicted octanol–water partition coefficient (Wildman–Crippen LogP) is 6.09. The number of carbonyl (C=O) groups is 1. The maximum absolute atomic E-state index is 13.9. The number of nitrogens with zero attached hydrogens (tertiary/aromatic N) is 6. The van der Waals surface area contributed by atoms with E-state index in [0.29, 0.717) is 44.6 Å². The fraction of sp³-hybridized carbons (Fsp3) is 0.0667. The molecule has 0 radical (unpaired) electrons. The van der Waals surface area contributed by atoms with Gasteiger partial charge in [0, 0.05) is 34.1 Å². The number of hydrogen-bond donors (Lipinski definition) is 3. The zero-order valence-corrected chi connectivity index (χ0v) is 24.0. The van der Waals surface area contributed by atoms with Crippen molar-refractivity contribution in [3.63, 3.8) is 0 Å². The third kappa shape index (κ3) is 5.27. The number of anilines is 1. The van der Waals surface area contributed by atoms with Gasteiger partial charge in [0.15, 0.2) is 0 Å². The summed E-state index contributed by atoms with van der Waals surface area (Å²) in [5.41, 5.74) is 2.87. The van der Waals surface area contributed by atoms with E-state index in [1.165, 1.54) is 17.1 Å². The molecule has 0 bridgehead atoms. The van der Waals surface area contributed by atoms with Gasteiger partial charge in [0.05, 0.1) is 5.69 Å². The number of hydrogen-bond acceptors (Lipinski definition) is 6. The van der Waals surface area contributed by atoms with Crippen molar-refractivity contribution in [1.29, 1.82) is 0 Å². The van der Waals surface area contributed by atoms with Gasteiger partial charge in [-0.05, 0) is 64.9 Å². The summed E-state index contributed by atoms with van der Waals surface area (Å²) in [6.45, 7) is 1.88. The number of carboxylic acid groups (broad SMARTS) is 1. The molecule has 6 rings (SSSR count). The fourth-order valence-corrected chi connectivity index (χ4v) is 5.40. The third-order valence-electron chi connectivity index (χ3n) is 7.13. The number of imidazole rings is 1. The van der Waals surface area contributed by atoms with E-state index < -0.39 is 11.6 Å². The summed E-state index contributed by atoms with van der Waals surface area (Å²) in [5, 5.41) is 23.5. The highest BCUT2D eigenvalue weighted by molar-refractivity contribution is 6.32. The standard InChI is InChI=1S/C30H22Cl2N8O3/c1-30(20-5-3-2-4-6-20,28-35-26(27(32)36-28)18-7-10-22(11-8-18)34-29(42)43)39-14-13-19(15-25(39)41)23-16-21(31)9-12-24(23)40-17-33-37-38-40/h2-17,34H,1H3,(H,35,36)(H,42,43). The second kappa shape index (κ2) is 11.2. The lowest BCUT2D eigenvalue weighted by molar-refractivity contribution is 0.209. The molecule has 43 heavy (non-hydrogen) atoms. The van der Waals surface area contributed by atoms with Gasteiger partial charge < -0.3 is 10.1 Å². The van der Waals surface area contributed by atoms with Crippen molar-refractivity contribution >= 4 is 35.0 Å². The average Bonchev–Trinajstić information content (AvgIpc) is 3.68. The van der Waals surface area contributed by atoms with E-state index in [9.17, 15) is 9.59 Å². The molecule has 0 aliphatic heterocycles. The molecule has 13 heteroatoms. The quantitative estimate of drug-likeness (QED) is 0.198. The van der Waals surface area contributed by atoms with Gasteiger partial charge in [-0.15, -0.1) is 5.10 Å². The van der Waals surface area contributed by atoms with Crippen molar-refractivity contribution in [3.05, 3.63) is 129 Å². The van der Waals surface area contributed by atoms with Gasteiger partial charge in [-0.1, -0.05) is 65.7 Å². The minimum atomic E-state index is -1.16. The van der Waals surface area contributed by atoms with Crippen molar-refractivity contribution in [2.45, 2.75) is 12.5 Å². The first-order valence-corrected chi connectivity index (χ1v) is 13.7. The molecule has 11 nitrogen and oxygen atoms in total. The largest absolute Gasteiger partial charge is 0.465 e. The zero-order valence-electron chi connectivity index (χ0n) is 22.4. The Bertz CT molecular complexity index is 1990. The van der Waals surface area contributed by atoms with E-state index in [2.05, 4.69) is 25.8 Å². The van der Waals surface area contributed by atoms with Crippen LogP contribution in [-0.2, 0) is 5.54 Å². The van der Waals surface area contributed by atoms with Crippen LogP contribution >= 0.6 is 23.2 Å². The number of pyridine rings is 1. The molecule has 6 aromatic rings. The molecule has 3 aromatic carbocycles. The SMILES string of the molecule is CC(c1ccccc1)(c1nc(-c2ccc(NC(=O)O)cc2)c(Cl)[nH]1)n1ccc(-c2cc(Cl)ccc2-n2cnnn2)cc1=O. The van der Waals surface area contributed by atoms with Gasteiger partial charge in [0.2, 0.25) is 0 Å². The minimum Gasteiger partial charge on any atom is -0.465 e. The van der Waals surface area contributed by atoms with Gasteiger partial charge in [-0.2, -0.15) is 4.68 Å². The summed E-state index contributed by atoms with van der Waals surface area (Å²) in [6, 6.07) is 24.8. The van der Waals surface area contributed by atoms with Crippen molar-refractivity contribution < 1.29 is 9.90 Å². The molecule has 3 aromatic heterocycles. The Kier molecular flexibility index (Phi) is 7.26. The smallest absolute Gasteiger partial charge is 0.409 e. The summed E-state index contributed by atoms with van der Waals surface area (Å²) in [5.74, 6) is 0.429. The molecule has 1 atom stereocenters. The molecule has 1 unspecified atom stereocenters. The van der Waals surface area contributed by atoms with Crippen molar-refractivity contribution in [2.75, 3.05) is 5.32 Å². The van der Waals surface area contributed by atoms with Crippen molar-refractivity contribution in [1.82, 2.24) is 34.7 Å². The molecular weight excluding hydrogens is 591 g/mol. The predicted molar refractivity (Wildman–Crippen MR) is 163 cm³/mol. The Hall–Kier alpha value is -5.26. The van der Waals surface area contributed by atoms with Crippen LogP contribution in [0.1, 0.15) is 18.3 Å². The molecule has 1 amide bonds. The summed E-state index contributed by atoms with van der Waals surface area (Å²) < 4.78 is 3.09. The number of nitrogens with one attached hydrogen (secondary N) is 2. The normalized spacial score (nSPS) is 12.5. The van der Waals surface area contributed by atoms with Crippen LogP contribution in [0.4, 0.5) is 10.5 Å². The number of H-pyrrole nitrogens is 1. The van der Waals surface area contributed by atoms with Gasteiger partial charge in [0.25, 0.3) is 5.56 Å². The second-order valence-electron chi connectivity index (χ2n) is 9.73. The number of tetrazole rings is 1. The Balaban J connectivity index is 1.46. The Morgan fingerprint density at radius 2 is 1.74 bits per heavy atom. The first kappa shape index (κ1) is 27.9. The lowest BCUT2D eigenvalue weighted by Gasteiger charge is -2.31. The fourth-order valence-electron chi connectivity index (χ4n) is 4.99. The first-order valence-electron chi connectivity index (χ1n) is 12.9. The van der Waals surface area contributed by atoms with E-state index in [0.717, 1.165) is 5.56 Å². The number of aromatic nitrogens is 7. The highest BCUT2D eigenvalue weighted by atomic mass is 35.5. The van der Waals surface area contributed by atoms with Crippen molar-refractivity contribution in [2.24, 2.45) is 0 Å². The van der Waals surface area contributed by atoms with Crippen LogP contribution in [0.15, 0.2) is 102 Å². The van der Waals surface area contributed by atoms with Crippen LogP contribution in [0.3, 0.4) is 0 Å². The summed E-state index contributed by atoms with van der Waals surface area (Å²) in [7, 11) is 0. The Labute approximate surface area is 254 Å². The molecule has 0 aliphatic carbocycles. The monoisotopic (exact) mass is 612 g/mol. The van der Waals surface area contributed by atoms with Gasteiger partial charge in [-0.3, -0.25) is 14.7 Å². The highest BCUT2D eigenvalue weighted by Gasteiger charge is 2.36. The molecule has 0 fully saturated rings. The molecule has 0 aliphatic rings. The second-order valence-corrected chi connectivity index (χ2v) is 10.5. The Morgan fingerprint density at radius 1 is 0.977 bits per heavy atom. The number of aromatic amines is 1. The molecule has 3 N–H and O–H groups in total. The maximum Gasteiger partial charge on any atom is 0.409 e. The summed E-state index contributed by atoms with van der Waals surface area (Å²) in [6.07, 6.45) is 2.01. The van der Waals surface area contributed by atoms with E-state index in [1.54, 1.807) is 53.2 Å². The number of rotatable bonds is 7. The molecule has 0 saturated heterocycles. The lowest BCUT2D eigenvalue weighted by Crippen LogP contribution is -2.41. The molecule has 3 heterocycles. The van der Waals surface area contributed by atoms with Crippen LogP contribution < -0.4 is 10.9 Å². The van der Waals surface area contributed by atoms with Crippen LogP contribution in [0.2, 0.25) is 10.2 Å². The van der Waals surface area contributed by atoms with Crippen LogP contribution in [0.5, 0.6) is 0 Å². The van der Waals surface area contributed by atoms with Gasteiger partial charge >= 0.3 is 6.09 Å². The maximum atomic E-state index is 13.9. The molecular formula is C30H22Cl2N8O3. The third-order valence-corrected chi connectivity index (χ3v) is 7.64. The Morgan fingerprint density at radius 3 is 2.42 bits per heavy atom. The zero-order chi connectivity index (χ0) is 30.1. The lowest BCUT2D eigenvalue weighted by atomic mass is 9.90. The minimum absolute atomic E-state index is 0.269. The number of halogens is 2. The molecule has 0 saturated carbocycles. The molecule has 0 spiro atoms. The average molecular weight is 613 g/mol. The molecule has 214 valence electrons. The first-order chi connectivity index (χ1) is 20.7. The summed E-state index contributed by atoms with van der Waals surface area (Å²) >= 11 is 13.0. The van der Waals surface area contributed by atoms with E-state index >= 15 is 0 Å². The van der Waals surface area contributed by atoms with Gasteiger partial charge in [-0.25, -0.2) is 9.78 Å². The van der Waals surface area contributed by atoms with E-state index in [4.69, 9.17) is 33.3 Å². The van der Waals surface area contributed by atoms with Gasteiger partial charge in [0.1, 0.15) is 28.5 Å². The topological polar surface area (TPSA) is 144 Å². The van der Waals surface area contributed by atoms with Crippen LogP contribution in [0.25, 0.3) is 28.1 Å². The number of benzene rings is 3. The van der Waals surface area contributed by atoms with Crippen LogP contribution in [-0.4, -0.2) is 45.9 Å².